The zero-order chi connectivity index (χ0) is 19.8. The van der Waals surface area contributed by atoms with Crippen LogP contribution in [-0.2, 0) is 17.6 Å². The van der Waals surface area contributed by atoms with Crippen LogP contribution >= 0.6 is 11.6 Å². The first kappa shape index (κ1) is 19.1. The minimum absolute atomic E-state index is 0.0164. The number of H-pyrrole nitrogens is 1. The van der Waals surface area contributed by atoms with Gasteiger partial charge in [0.25, 0.3) is 5.91 Å². The number of likely N-dealkylation sites (tertiary alicyclic amines) is 1. The highest BCUT2D eigenvalue weighted by Gasteiger charge is 2.32. The molecule has 0 radical (unpaired) electrons. The molecule has 2 heterocycles. The molecule has 1 amide bonds. The zero-order valence-corrected chi connectivity index (χ0v) is 16.6. The van der Waals surface area contributed by atoms with Crippen LogP contribution in [-0.4, -0.2) is 39.9 Å². The van der Waals surface area contributed by atoms with Crippen LogP contribution in [0.25, 0.3) is 0 Å². The molecule has 1 fully saturated rings. The van der Waals surface area contributed by atoms with Gasteiger partial charge in [-0.2, -0.15) is 5.10 Å². The fraction of sp³-hybridized carbons (Fsp3) is 0.476. The number of hydrogen-bond acceptors (Lipinski definition) is 3. The summed E-state index contributed by atoms with van der Waals surface area (Å²) in [6.45, 7) is 2.80. The summed E-state index contributed by atoms with van der Waals surface area (Å²) in [5, 5.41) is 7.82. The quantitative estimate of drug-likeness (QED) is 0.844. The highest BCUT2D eigenvalue weighted by Crippen LogP contribution is 2.34. The van der Waals surface area contributed by atoms with Gasteiger partial charge in [0.1, 0.15) is 11.6 Å². The van der Waals surface area contributed by atoms with Gasteiger partial charge in [0, 0.05) is 35.3 Å². The van der Waals surface area contributed by atoms with Crippen LogP contribution in [0.5, 0.6) is 0 Å². The molecule has 28 heavy (non-hydrogen) atoms. The van der Waals surface area contributed by atoms with E-state index in [4.69, 9.17) is 11.6 Å². The molecular weight excluding hydrogens is 381 g/mol. The Bertz CT molecular complexity index is 918. The average Bonchev–Trinajstić information content (AvgIpc) is 3.12. The normalized spacial score (nSPS) is 20.1. The van der Waals surface area contributed by atoms with Gasteiger partial charge in [0.2, 0.25) is 0 Å². The Hall–Kier alpha value is -2.21. The van der Waals surface area contributed by atoms with Gasteiger partial charge in [-0.05, 0) is 68.7 Å². The molecule has 1 aromatic carbocycles. The first-order valence-electron chi connectivity index (χ1n) is 9.74. The monoisotopic (exact) mass is 403 g/mol. The van der Waals surface area contributed by atoms with Crippen LogP contribution in [0, 0.1) is 11.7 Å². The lowest BCUT2D eigenvalue weighted by molar-refractivity contribution is -0.121. The minimum atomic E-state index is -0.287. The maximum absolute atomic E-state index is 13.6. The number of benzene rings is 1. The molecule has 1 unspecified atom stereocenters. The summed E-state index contributed by atoms with van der Waals surface area (Å²) in [6, 6.07) is 4.45. The standard InChI is InChI=1S/C21H23ClFN3O2/c1-12(27)14-2-4-16-19(10-14)24-25-20(16)21(28)26-8-6-13(7-9-26)17-11-15(23)3-5-18(17)22/h3,5,11,13-14H,2,4,6-10H2,1H3,(H,24,25). The van der Waals surface area contributed by atoms with E-state index in [-0.39, 0.29) is 29.3 Å². The van der Waals surface area contributed by atoms with Gasteiger partial charge in [0.05, 0.1) is 0 Å². The third-order valence-electron chi connectivity index (χ3n) is 6.10. The summed E-state index contributed by atoms with van der Waals surface area (Å²) in [5.41, 5.74) is 3.18. The molecule has 2 aliphatic rings. The molecule has 1 saturated heterocycles. The fourth-order valence-corrected chi connectivity index (χ4v) is 4.67. The summed E-state index contributed by atoms with van der Waals surface area (Å²) < 4.78 is 13.6. The lowest BCUT2D eigenvalue weighted by Crippen LogP contribution is -2.38. The maximum Gasteiger partial charge on any atom is 0.274 e. The number of carbonyl (C=O) groups is 2. The molecule has 5 nitrogen and oxygen atoms in total. The third kappa shape index (κ3) is 3.58. The van der Waals surface area contributed by atoms with Crippen molar-refractivity contribution in [2.24, 2.45) is 5.92 Å². The molecule has 7 heteroatoms. The van der Waals surface area contributed by atoms with Gasteiger partial charge < -0.3 is 4.90 Å². The lowest BCUT2D eigenvalue weighted by Gasteiger charge is -2.32. The van der Waals surface area contributed by atoms with E-state index in [0.717, 1.165) is 36.1 Å². The molecule has 148 valence electrons. The Balaban J connectivity index is 1.44. The van der Waals surface area contributed by atoms with Gasteiger partial charge in [0.15, 0.2) is 5.69 Å². The second kappa shape index (κ2) is 7.66. The molecule has 1 aliphatic heterocycles. The van der Waals surface area contributed by atoms with Gasteiger partial charge in [-0.25, -0.2) is 4.39 Å². The lowest BCUT2D eigenvalue weighted by atomic mass is 9.84. The average molecular weight is 404 g/mol. The van der Waals surface area contributed by atoms with Crippen LogP contribution in [0.2, 0.25) is 5.02 Å². The number of nitrogens with zero attached hydrogens (tertiary/aromatic N) is 2. The van der Waals surface area contributed by atoms with E-state index in [1.807, 2.05) is 4.90 Å². The molecule has 0 saturated carbocycles. The van der Waals surface area contributed by atoms with Crippen molar-refractivity contribution in [3.05, 3.63) is 51.6 Å². The van der Waals surface area contributed by atoms with Gasteiger partial charge in [-0.3, -0.25) is 14.7 Å². The number of amides is 1. The summed E-state index contributed by atoms with van der Waals surface area (Å²) in [7, 11) is 0. The third-order valence-corrected chi connectivity index (χ3v) is 6.45. The van der Waals surface area contributed by atoms with Crippen molar-refractivity contribution in [1.29, 1.82) is 0 Å². The highest BCUT2D eigenvalue weighted by molar-refractivity contribution is 6.31. The van der Waals surface area contributed by atoms with Crippen molar-refractivity contribution < 1.29 is 14.0 Å². The highest BCUT2D eigenvalue weighted by atomic mass is 35.5. The number of aromatic nitrogens is 2. The number of fused-ring (bicyclic) bond motifs is 1. The molecule has 2 aromatic rings. The Labute approximate surface area is 168 Å². The fourth-order valence-electron chi connectivity index (χ4n) is 4.40. The molecule has 1 aliphatic carbocycles. The van der Waals surface area contributed by atoms with E-state index >= 15 is 0 Å². The number of carbonyl (C=O) groups excluding carboxylic acids is 2. The van der Waals surface area contributed by atoms with E-state index in [1.165, 1.54) is 12.1 Å². The number of nitrogens with one attached hydrogen (secondary N) is 1. The Morgan fingerprint density at radius 3 is 2.71 bits per heavy atom. The van der Waals surface area contributed by atoms with Crippen LogP contribution in [0.3, 0.4) is 0 Å². The van der Waals surface area contributed by atoms with E-state index in [1.54, 1.807) is 13.0 Å². The summed E-state index contributed by atoms with van der Waals surface area (Å²) in [5.74, 6) is -0.00182. The van der Waals surface area contributed by atoms with Crippen LogP contribution in [0.1, 0.15) is 59.4 Å². The van der Waals surface area contributed by atoms with Gasteiger partial charge in [-0.15, -0.1) is 0 Å². The van der Waals surface area contributed by atoms with E-state index in [9.17, 15) is 14.0 Å². The van der Waals surface area contributed by atoms with Crippen LogP contribution < -0.4 is 0 Å². The Kier molecular flexibility index (Phi) is 5.23. The van der Waals surface area contributed by atoms with Crippen molar-refractivity contribution in [2.45, 2.75) is 44.9 Å². The second-order valence-corrected chi connectivity index (χ2v) is 8.22. The number of aromatic amines is 1. The summed E-state index contributed by atoms with van der Waals surface area (Å²) >= 11 is 6.24. The number of ketones is 1. The molecular formula is C21H23ClFN3O2. The first-order chi connectivity index (χ1) is 13.4. The molecule has 4 rings (SSSR count). The van der Waals surface area contributed by atoms with Crippen molar-refractivity contribution in [2.75, 3.05) is 13.1 Å². The molecule has 1 aromatic heterocycles. The molecule has 0 spiro atoms. The minimum Gasteiger partial charge on any atom is -0.337 e. The first-order valence-corrected chi connectivity index (χ1v) is 10.1. The maximum atomic E-state index is 13.6. The number of hydrogen-bond donors (Lipinski definition) is 1. The number of halogens is 2. The van der Waals surface area contributed by atoms with E-state index < -0.39 is 0 Å². The van der Waals surface area contributed by atoms with Crippen molar-refractivity contribution in [3.8, 4) is 0 Å². The van der Waals surface area contributed by atoms with E-state index in [2.05, 4.69) is 10.2 Å². The van der Waals surface area contributed by atoms with Crippen molar-refractivity contribution in [3.63, 3.8) is 0 Å². The van der Waals surface area contributed by atoms with Crippen molar-refractivity contribution in [1.82, 2.24) is 15.1 Å². The van der Waals surface area contributed by atoms with Gasteiger partial charge >= 0.3 is 0 Å². The smallest absolute Gasteiger partial charge is 0.274 e. The predicted molar refractivity (Wildman–Crippen MR) is 104 cm³/mol. The number of piperidine rings is 1. The Morgan fingerprint density at radius 2 is 2.00 bits per heavy atom. The summed E-state index contributed by atoms with van der Waals surface area (Å²) in [6.07, 6.45) is 3.59. The largest absolute Gasteiger partial charge is 0.337 e. The second-order valence-electron chi connectivity index (χ2n) is 7.81. The Morgan fingerprint density at radius 1 is 1.25 bits per heavy atom. The van der Waals surface area contributed by atoms with E-state index in [0.29, 0.717) is 36.6 Å². The molecule has 1 N–H and O–H groups in total. The predicted octanol–water partition coefficient (Wildman–Crippen LogP) is 3.92. The van der Waals surface area contributed by atoms with Crippen LogP contribution in [0.15, 0.2) is 18.2 Å². The van der Waals surface area contributed by atoms with Gasteiger partial charge in [-0.1, -0.05) is 11.6 Å². The summed E-state index contributed by atoms with van der Waals surface area (Å²) in [4.78, 5) is 26.5. The number of rotatable bonds is 3. The SMILES string of the molecule is CC(=O)C1CCc2c(C(=O)N3CCC(c4cc(F)ccc4Cl)CC3)n[nH]c2C1. The number of Topliss-reactive ketones (excluding diaryl/α,β-unsaturated/α-hetero) is 1. The molecule has 0 bridgehead atoms. The zero-order valence-electron chi connectivity index (χ0n) is 15.8. The molecule has 1 atom stereocenters. The topological polar surface area (TPSA) is 66.1 Å². The van der Waals surface area contributed by atoms with Crippen molar-refractivity contribution >= 4 is 23.3 Å². The van der Waals surface area contributed by atoms with Crippen LogP contribution in [0.4, 0.5) is 4.39 Å².